The summed E-state index contributed by atoms with van der Waals surface area (Å²) in [5, 5.41) is 0. The number of Topliss-reactive ketones (excluding diaryl/α,β-unsaturated/α-hetero) is 2. The molecule has 0 saturated carbocycles. The number of methoxy groups -OCH3 is 2. The van der Waals surface area contributed by atoms with Crippen LogP contribution >= 0.6 is 0 Å². The first-order valence-electron chi connectivity index (χ1n) is 6.84. The predicted molar refractivity (Wildman–Crippen MR) is 81.1 cm³/mol. The number of carbonyl (C=O) groups is 2. The van der Waals surface area contributed by atoms with Crippen molar-refractivity contribution in [3.8, 4) is 0 Å². The molecule has 0 bridgehead atoms. The van der Waals surface area contributed by atoms with Gasteiger partial charge in [-0.25, -0.2) is 0 Å². The molecule has 5 heteroatoms. The van der Waals surface area contributed by atoms with Crippen LogP contribution in [0.25, 0.3) is 0 Å². The number of ketones is 2. The van der Waals surface area contributed by atoms with Crippen LogP contribution in [0.1, 0.15) is 19.8 Å². The number of ether oxygens (including phenoxy) is 2. The SMILES string of the molecule is COC1=C(OC)C(=O)C(CCC[Si](C)(C)C)=C(C)C1=O. The molecule has 4 nitrogen and oxygen atoms in total. The summed E-state index contributed by atoms with van der Waals surface area (Å²) in [6.45, 7) is 8.58. The molecule has 0 saturated heterocycles. The molecule has 0 aliphatic heterocycles. The van der Waals surface area contributed by atoms with Crippen LogP contribution in [0.2, 0.25) is 25.7 Å². The normalized spacial score (nSPS) is 16.9. The number of hydrogen-bond donors (Lipinski definition) is 0. The van der Waals surface area contributed by atoms with Gasteiger partial charge in [0.1, 0.15) is 0 Å². The first kappa shape index (κ1) is 16.7. The lowest BCUT2D eigenvalue weighted by Crippen LogP contribution is -2.25. The second kappa shape index (κ2) is 6.39. The monoisotopic (exact) mass is 296 g/mol. The molecule has 1 aliphatic carbocycles. The molecule has 0 fully saturated rings. The minimum absolute atomic E-state index is 0.0175. The van der Waals surface area contributed by atoms with Gasteiger partial charge in [0.15, 0.2) is 0 Å². The summed E-state index contributed by atoms with van der Waals surface area (Å²) in [5.74, 6) is -0.404. The van der Waals surface area contributed by atoms with Crippen molar-refractivity contribution >= 4 is 19.6 Å². The van der Waals surface area contributed by atoms with Crippen LogP contribution in [0.5, 0.6) is 0 Å². The zero-order chi connectivity index (χ0) is 15.5. The molecule has 0 spiro atoms. The molecular formula is C15H24O4Si. The summed E-state index contributed by atoms with van der Waals surface area (Å²) in [7, 11) is 1.63. The second-order valence-electron chi connectivity index (χ2n) is 6.24. The van der Waals surface area contributed by atoms with Crippen LogP contribution in [-0.2, 0) is 19.1 Å². The summed E-state index contributed by atoms with van der Waals surface area (Å²) in [5.41, 5.74) is 1.06. The van der Waals surface area contributed by atoms with E-state index in [1.807, 2.05) is 0 Å². The van der Waals surface area contributed by atoms with E-state index < -0.39 is 8.07 Å². The van der Waals surface area contributed by atoms with Gasteiger partial charge in [-0.05, 0) is 13.3 Å². The lowest BCUT2D eigenvalue weighted by Gasteiger charge is -2.21. The summed E-state index contributed by atoms with van der Waals surface area (Å²) in [6.07, 6.45) is 1.56. The molecule has 0 aromatic heterocycles. The van der Waals surface area contributed by atoms with E-state index >= 15 is 0 Å². The fourth-order valence-corrected chi connectivity index (χ4v) is 3.53. The summed E-state index contributed by atoms with van der Waals surface area (Å²) in [6, 6.07) is 1.13. The Morgan fingerprint density at radius 2 is 1.45 bits per heavy atom. The lowest BCUT2D eigenvalue weighted by molar-refractivity contribution is -0.121. The molecule has 112 valence electrons. The zero-order valence-corrected chi connectivity index (χ0v) is 14.3. The number of allylic oxidation sites excluding steroid dienone is 2. The minimum atomic E-state index is -1.14. The highest BCUT2D eigenvalue weighted by atomic mass is 28.3. The first-order chi connectivity index (χ1) is 9.22. The van der Waals surface area contributed by atoms with Crippen LogP contribution in [0.3, 0.4) is 0 Å². The standard InChI is InChI=1S/C15H24O4Si/c1-10-11(8-7-9-20(4,5)6)13(17)15(19-3)14(18-2)12(10)16/h7-9H2,1-6H3. The maximum absolute atomic E-state index is 12.4. The highest BCUT2D eigenvalue weighted by Crippen LogP contribution is 2.29. The summed E-state index contributed by atoms with van der Waals surface area (Å²) < 4.78 is 10.1. The minimum Gasteiger partial charge on any atom is -0.489 e. The van der Waals surface area contributed by atoms with Gasteiger partial charge in [-0.1, -0.05) is 32.1 Å². The van der Waals surface area contributed by atoms with E-state index in [4.69, 9.17) is 9.47 Å². The molecule has 0 N–H and O–H groups in total. The third kappa shape index (κ3) is 3.60. The van der Waals surface area contributed by atoms with E-state index in [-0.39, 0.29) is 23.1 Å². The van der Waals surface area contributed by atoms with Gasteiger partial charge < -0.3 is 9.47 Å². The quantitative estimate of drug-likeness (QED) is 0.558. The Labute approximate surface area is 121 Å². The molecule has 1 rings (SSSR count). The molecule has 0 amide bonds. The Bertz CT molecular complexity index is 481. The Kier molecular flexibility index (Phi) is 5.33. The Morgan fingerprint density at radius 3 is 1.90 bits per heavy atom. The largest absolute Gasteiger partial charge is 0.489 e. The van der Waals surface area contributed by atoms with E-state index in [0.29, 0.717) is 17.6 Å². The van der Waals surface area contributed by atoms with Gasteiger partial charge in [0.05, 0.1) is 14.2 Å². The molecule has 0 atom stereocenters. The van der Waals surface area contributed by atoms with Crippen molar-refractivity contribution in [2.24, 2.45) is 0 Å². The van der Waals surface area contributed by atoms with Crippen molar-refractivity contribution in [3.63, 3.8) is 0 Å². The van der Waals surface area contributed by atoms with Gasteiger partial charge in [0.25, 0.3) is 0 Å². The smallest absolute Gasteiger partial charge is 0.228 e. The van der Waals surface area contributed by atoms with Gasteiger partial charge in [-0.15, -0.1) is 0 Å². The van der Waals surface area contributed by atoms with Crippen molar-refractivity contribution in [1.82, 2.24) is 0 Å². The predicted octanol–water partition coefficient (Wildman–Crippen LogP) is 3.08. The second-order valence-corrected chi connectivity index (χ2v) is 11.9. The molecule has 0 aromatic carbocycles. The number of hydrogen-bond acceptors (Lipinski definition) is 4. The number of carbonyl (C=O) groups excluding carboxylic acids is 2. The summed E-state index contributed by atoms with van der Waals surface area (Å²) in [4.78, 5) is 24.6. The molecule has 0 radical (unpaired) electrons. The average Bonchev–Trinajstić information content (AvgIpc) is 2.36. The Morgan fingerprint density at radius 1 is 0.950 bits per heavy atom. The van der Waals surface area contributed by atoms with E-state index in [1.165, 1.54) is 14.2 Å². The van der Waals surface area contributed by atoms with Crippen molar-refractivity contribution in [3.05, 3.63) is 22.7 Å². The van der Waals surface area contributed by atoms with Gasteiger partial charge >= 0.3 is 0 Å². The highest BCUT2D eigenvalue weighted by Gasteiger charge is 2.34. The van der Waals surface area contributed by atoms with E-state index in [0.717, 1.165) is 12.5 Å². The molecule has 0 aromatic rings. The molecule has 0 unspecified atom stereocenters. The van der Waals surface area contributed by atoms with Crippen molar-refractivity contribution in [1.29, 1.82) is 0 Å². The molecule has 0 heterocycles. The highest BCUT2D eigenvalue weighted by molar-refractivity contribution is 6.76. The van der Waals surface area contributed by atoms with E-state index in [1.54, 1.807) is 6.92 Å². The summed E-state index contributed by atoms with van der Waals surface area (Å²) >= 11 is 0. The van der Waals surface area contributed by atoms with Crippen LogP contribution < -0.4 is 0 Å². The maximum atomic E-state index is 12.4. The third-order valence-electron chi connectivity index (χ3n) is 3.45. The third-order valence-corrected chi connectivity index (χ3v) is 5.30. The van der Waals surface area contributed by atoms with E-state index in [9.17, 15) is 9.59 Å². The first-order valence-corrected chi connectivity index (χ1v) is 10.5. The van der Waals surface area contributed by atoms with Crippen LogP contribution in [0, 0.1) is 0 Å². The molecule has 20 heavy (non-hydrogen) atoms. The average molecular weight is 296 g/mol. The van der Waals surface area contributed by atoms with Gasteiger partial charge in [-0.2, -0.15) is 0 Å². The van der Waals surface area contributed by atoms with Crippen molar-refractivity contribution < 1.29 is 19.1 Å². The van der Waals surface area contributed by atoms with Crippen LogP contribution in [0.4, 0.5) is 0 Å². The fraction of sp³-hybridized carbons (Fsp3) is 0.600. The topological polar surface area (TPSA) is 52.6 Å². The van der Waals surface area contributed by atoms with Crippen LogP contribution in [0.15, 0.2) is 22.7 Å². The fourth-order valence-electron chi connectivity index (χ4n) is 2.29. The molecular weight excluding hydrogens is 272 g/mol. The molecule has 1 aliphatic rings. The lowest BCUT2D eigenvalue weighted by atomic mass is 9.90. The van der Waals surface area contributed by atoms with E-state index in [2.05, 4.69) is 19.6 Å². The zero-order valence-electron chi connectivity index (χ0n) is 13.3. The van der Waals surface area contributed by atoms with Gasteiger partial charge in [-0.3, -0.25) is 9.59 Å². The van der Waals surface area contributed by atoms with Gasteiger partial charge in [0.2, 0.25) is 23.1 Å². The van der Waals surface area contributed by atoms with Crippen LogP contribution in [-0.4, -0.2) is 33.9 Å². The number of rotatable bonds is 6. The Hall–Kier alpha value is -1.36. The maximum Gasteiger partial charge on any atom is 0.228 e. The Balaban J connectivity index is 2.95. The van der Waals surface area contributed by atoms with Crippen molar-refractivity contribution in [2.45, 2.75) is 45.5 Å². The van der Waals surface area contributed by atoms with Crippen molar-refractivity contribution in [2.75, 3.05) is 14.2 Å². The van der Waals surface area contributed by atoms with Gasteiger partial charge in [0, 0.05) is 19.2 Å².